The van der Waals surface area contributed by atoms with Gasteiger partial charge in [-0.05, 0) is 0 Å². The van der Waals surface area contributed by atoms with E-state index in [1.165, 1.54) is 12.0 Å². The number of nitrogens with two attached hydrogens (primary N) is 1. The Kier molecular flexibility index (Phi) is 7.32. The fourth-order valence-corrected chi connectivity index (χ4v) is 2.76. The molecule has 1 heterocycles. The Morgan fingerprint density at radius 3 is 2.55 bits per heavy atom. The van der Waals surface area contributed by atoms with Crippen LogP contribution in [-0.4, -0.2) is 70.5 Å². The number of amides is 2. The molecule has 7 nitrogen and oxygen atoms in total. The van der Waals surface area contributed by atoms with Crippen molar-refractivity contribution in [1.29, 1.82) is 0 Å². The van der Waals surface area contributed by atoms with E-state index < -0.39 is 24.1 Å². The van der Waals surface area contributed by atoms with Crippen molar-refractivity contribution in [3.05, 3.63) is 0 Å². The molecule has 1 aliphatic rings. The van der Waals surface area contributed by atoms with Gasteiger partial charge >= 0.3 is 139 Å². The Hall–Kier alpha value is -1.11. The molecule has 1 aliphatic heterocycles. The zero-order valence-electron chi connectivity index (χ0n) is 13.2. The summed E-state index contributed by atoms with van der Waals surface area (Å²) in [4.78, 5) is 37.9. The first-order valence-electron chi connectivity index (χ1n) is 7.35. The fourth-order valence-electron chi connectivity index (χ4n) is 2.46. The molecule has 3 N–H and O–H groups in total. The Bertz CT molecular complexity index is 430. The first-order chi connectivity index (χ1) is 10.3. The van der Waals surface area contributed by atoms with Crippen LogP contribution in [-0.2, 0) is 19.1 Å². The van der Waals surface area contributed by atoms with E-state index in [4.69, 9.17) is 10.5 Å². The molecule has 1 fully saturated rings. The number of carbonyl (C=O) groups is 3. The number of likely N-dealkylation sites (tertiary alicyclic amines) is 1. The maximum atomic E-state index is 12.4. The van der Waals surface area contributed by atoms with Crippen molar-refractivity contribution in [2.75, 3.05) is 13.7 Å². The van der Waals surface area contributed by atoms with Crippen LogP contribution >= 0.6 is 0 Å². The second kappa shape index (κ2) is 8.50. The van der Waals surface area contributed by atoms with Crippen LogP contribution in [0.3, 0.4) is 0 Å². The summed E-state index contributed by atoms with van der Waals surface area (Å²) in [6.45, 7) is 4.15. The number of methoxy groups -OCH3 is 1. The molecular formula is C14H24N3O4Se. The van der Waals surface area contributed by atoms with E-state index in [0.717, 1.165) is 6.42 Å². The molecule has 1 rings (SSSR count). The average molecular weight is 377 g/mol. The van der Waals surface area contributed by atoms with Gasteiger partial charge in [-0.15, -0.1) is 0 Å². The van der Waals surface area contributed by atoms with E-state index in [9.17, 15) is 14.4 Å². The molecule has 125 valence electrons. The molecule has 0 saturated carbocycles. The summed E-state index contributed by atoms with van der Waals surface area (Å²) in [5.74, 6) is -1.16. The van der Waals surface area contributed by atoms with E-state index in [-0.39, 0.29) is 17.7 Å². The van der Waals surface area contributed by atoms with Crippen LogP contribution in [0.25, 0.3) is 0 Å². The number of esters is 1. The number of nitrogens with zero attached hydrogens (tertiary/aromatic N) is 1. The second-order valence-corrected chi connectivity index (χ2v) is 6.42. The molecular weight excluding hydrogens is 353 g/mol. The molecule has 0 unspecified atom stereocenters. The van der Waals surface area contributed by atoms with Crippen LogP contribution in [0.2, 0.25) is 5.32 Å². The third-order valence-corrected chi connectivity index (χ3v) is 4.51. The molecule has 1 saturated heterocycles. The van der Waals surface area contributed by atoms with Crippen molar-refractivity contribution in [3.63, 3.8) is 0 Å². The van der Waals surface area contributed by atoms with Crippen molar-refractivity contribution in [2.45, 2.75) is 50.1 Å². The molecule has 8 heteroatoms. The van der Waals surface area contributed by atoms with Gasteiger partial charge in [0.1, 0.15) is 0 Å². The zero-order valence-corrected chi connectivity index (χ0v) is 14.9. The summed E-state index contributed by atoms with van der Waals surface area (Å²) in [6.07, 6.45) is 1.32. The van der Waals surface area contributed by atoms with E-state index in [2.05, 4.69) is 21.3 Å². The number of hydrogen-bond acceptors (Lipinski definition) is 5. The van der Waals surface area contributed by atoms with Crippen LogP contribution in [0.5, 0.6) is 0 Å². The predicted octanol–water partition coefficient (Wildman–Crippen LogP) is -0.795. The van der Waals surface area contributed by atoms with Crippen LogP contribution < -0.4 is 11.1 Å². The first-order valence-corrected chi connectivity index (χ1v) is 8.57. The summed E-state index contributed by atoms with van der Waals surface area (Å²) in [6, 6.07) is -1.94. The van der Waals surface area contributed by atoms with Gasteiger partial charge in [0.25, 0.3) is 0 Å². The summed E-state index contributed by atoms with van der Waals surface area (Å²) in [7, 11) is 1.28. The van der Waals surface area contributed by atoms with Gasteiger partial charge in [-0.2, -0.15) is 0 Å². The normalized spacial score (nSPS) is 20.6. The molecule has 2 amide bonds. The van der Waals surface area contributed by atoms with Gasteiger partial charge in [0.15, 0.2) is 0 Å². The standard InChI is InChI=1S/C14H24N3O4Se/c1-8(2)11(14(20)21-3)16-12(18)10-5-4-6-17(10)13(19)9(15)7-22/h8-11H,4-7,15H2,1-3H3,(H,16,18)/t9-,10-,11-/m0/s1. The van der Waals surface area contributed by atoms with Gasteiger partial charge in [0.2, 0.25) is 0 Å². The van der Waals surface area contributed by atoms with E-state index >= 15 is 0 Å². The first kappa shape index (κ1) is 18.9. The van der Waals surface area contributed by atoms with Crippen molar-refractivity contribution in [2.24, 2.45) is 11.7 Å². The van der Waals surface area contributed by atoms with Crippen LogP contribution in [0.1, 0.15) is 26.7 Å². The molecule has 0 spiro atoms. The molecule has 0 bridgehead atoms. The van der Waals surface area contributed by atoms with Gasteiger partial charge in [-0.25, -0.2) is 0 Å². The van der Waals surface area contributed by atoms with Crippen molar-refractivity contribution >= 4 is 33.8 Å². The average Bonchev–Trinajstić information content (AvgIpc) is 2.99. The van der Waals surface area contributed by atoms with Crippen molar-refractivity contribution < 1.29 is 19.1 Å². The summed E-state index contributed by atoms with van der Waals surface area (Å²) in [5.41, 5.74) is 5.75. The third kappa shape index (κ3) is 4.44. The number of hydrogen-bond donors (Lipinski definition) is 2. The van der Waals surface area contributed by atoms with Gasteiger partial charge in [0, 0.05) is 0 Å². The zero-order chi connectivity index (χ0) is 16.9. The second-order valence-electron chi connectivity index (χ2n) is 5.72. The minimum absolute atomic E-state index is 0.102. The molecule has 3 atom stereocenters. The SMILES string of the molecule is COC(=O)[C@@H](NC(=O)[C@@H]1CCCN1C(=O)[C@@H](N)C[Se])C(C)C. The fraction of sp³-hybridized carbons (Fsp3) is 0.786. The number of nitrogens with one attached hydrogen (secondary N) is 1. The van der Waals surface area contributed by atoms with Gasteiger partial charge in [-0.3, -0.25) is 0 Å². The molecule has 0 aromatic carbocycles. The molecule has 0 aliphatic carbocycles. The molecule has 1 radical (unpaired) electrons. The molecule has 22 heavy (non-hydrogen) atoms. The maximum absolute atomic E-state index is 12.4. The van der Waals surface area contributed by atoms with Gasteiger partial charge in [-0.1, -0.05) is 0 Å². The Labute approximate surface area is 139 Å². The van der Waals surface area contributed by atoms with Crippen LogP contribution in [0.15, 0.2) is 0 Å². The Balaban J connectivity index is 2.78. The van der Waals surface area contributed by atoms with E-state index in [1.807, 2.05) is 13.8 Å². The van der Waals surface area contributed by atoms with E-state index in [1.54, 1.807) is 0 Å². The third-order valence-electron chi connectivity index (χ3n) is 3.75. The molecule has 0 aromatic heterocycles. The number of carbonyl (C=O) groups excluding carboxylic acids is 3. The Morgan fingerprint density at radius 1 is 1.41 bits per heavy atom. The summed E-state index contributed by atoms with van der Waals surface area (Å²) < 4.78 is 4.71. The number of rotatable bonds is 6. The van der Waals surface area contributed by atoms with Crippen molar-refractivity contribution in [1.82, 2.24) is 10.2 Å². The van der Waals surface area contributed by atoms with Crippen LogP contribution in [0.4, 0.5) is 0 Å². The van der Waals surface area contributed by atoms with Gasteiger partial charge < -0.3 is 0 Å². The minimum atomic E-state index is -0.719. The molecule has 0 aromatic rings. The summed E-state index contributed by atoms with van der Waals surface area (Å²) in [5, 5.41) is 3.10. The van der Waals surface area contributed by atoms with Crippen LogP contribution in [0, 0.1) is 5.92 Å². The van der Waals surface area contributed by atoms with Crippen molar-refractivity contribution in [3.8, 4) is 0 Å². The predicted molar refractivity (Wildman–Crippen MR) is 82.1 cm³/mol. The van der Waals surface area contributed by atoms with E-state index in [0.29, 0.717) is 18.3 Å². The summed E-state index contributed by atoms with van der Waals surface area (Å²) >= 11 is 2.73. The monoisotopic (exact) mass is 378 g/mol. The topological polar surface area (TPSA) is 102 Å². The Morgan fingerprint density at radius 2 is 2.05 bits per heavy atom. The van der Waals surface area contributed by atoms with Gasteiger partial charge in [0.05, 0.1) is 0 Å². The quantitative estimate of drug-likeness (QED) is 0.466. The number of ether oxygens (including phenoxy) is 1.